The summed E-state index contributed by atoms with van der Waals surface area (Å²) in [5.74, 6) is -0.315. The van der Waals surface area contributed by atoms with Gasteiger partial charge in [0.2, 0.25) is 0 Å². The summed E-state index contributed by atoms with van der Waals surface area (Å²) in [4.78, 5) is 11.4. The first-order valence-electron chi connectivity index (χ1n) is 5.46. The summed E-state index contributed by atoms with van der Waals surface area (Å²) < 4.78 is 6.69. The average Bonchev–Trinajstić information content (AvgIpc) is 3.04. The van der Waals surface area contributed by atoms with Crippen LogP contribution in [0.25, 0.3) is 11.1 Å². The van der Waals surface area contributed by atoms with Crippen LogP contribution in [-0.4, -0.2) is 11.1 Å². The fraction of sp³-hybridized carbons (Fsp3) is 0.417. The molecule has 1 aromatic carbocycles. The second-order valence-electron chi connectivity index (χ2n) is 4.59. The van der Waals surface area contributed by atoms with E-state index in [4.69, 9.17) is 10.2 Å². The molecule has 1 saturated carbocycles. The van der Waals surface area contributed by atoms with Gasteiger partial charge in [-0.2, -0.15) is 0 Å². The molecule has 4 nitrogen and oxygen atoms in total. The van der Waals surface area contributed by atoms with E-state index in [9.17, 15) is 4.79 Å². The first-order valence-corrected chi connectivity index (χ1v) is 5.46. The summed E-state index contributed by atoms with van der Waals surface area (Å²) in [5.41, 5.74) is 8.61. The lowest BCUT2D eigenvalue weighted by Gasteiger charge is -2.11. The third-order valence-electron chi connectivity index (χ3n) is 3.65. The molecule has 1 aliphatic carbocycles. The molecule has 0 unspecified atom stereocenters. The van der Waals surface area contributed by atoms with Crippen molar-refractivity contribution in [2.45, 2.75) is 18.3 Å². The number of rotatable bonds is 2. The lowest BCUT2D eigenvalue weighted by Crippen LogP contribution is -2.19. The second kappa shape index (κ2) is 2.98. The van der Waals surface area contributed by atoms with Gasteiger partial charge >= 0.3 is 5.76 Å². The van der Waals surface area contributed by atoms with Crippen molar-refractivity contribution in [3.05, 3.63) is 34.3 Å². The van der Waals surface area contributed by atoms with Gasteiger partial charge in [-0.3, -0.25) is 4.57 Å². The second-order valence-corrected chi connectivity index (χ2v) is 4.59. The van der Waals surface area contributed by atoms with Crippen LogP contribution in [0.2, 0.25) is 0 Å². The van der Waals surface area contributed by atoms with E-state index in [0.717, 1.165) is 18.4 Å². The summed E-state index contributed by atoms with van der Waals surface area (Å²) in [6.07, 6.45) is 2.26. The summed E-state index contributed by atoms with van der Waals surface area (Å²) in [5, 5.41) is 0. The average molecular weight is 218 g/mol. The molecule has 2 N–H and O–H groups in total. The third-order valence-corrected chi connectivity index (χ3v) is 3.65. The first-order chi connectivity index (χ1) is 7.66. The van der Waals surface area contributed by atoms with Crippen LogP contribution in [0.15, 0.2) is 27.4 Å². The van der Waals surface area contributed by atoms with E-state index in [2.05, 4.69) is 6.07 Å². The van der Waals surface area contributed by atoms with Crippen LogP contribution in [0.3, 0.4) is 0 Å². The summed E-state index contributed by atoms with van der Waals surface area (Å²) in [6, 6.07) is 5.94. The van der Waals surface area contributed by atoms with Gasteiger partial charge in [0.05, 0.1) is 5.52 Å². The van der Waals surface area contributed by atoms with E-state index in [0.29, 0.717) is 12.1 Å². The van der Waals surface area contributed by atoms with Crippen molar-refractivity contribution >= 4 is 11.1 Å². The number of oxazole rings is 1. The van der Waals surface area contributed by atoms with Crippen LogP contribution in [0.5, 0.6) is 0 Å². The number of nitrogens with two attached hydrogens (primary N) is 1. The SMILES string of the molecule is Cn1c(=O)oc2cc(C3(CN)CC3)ccc21. The smallest absolute Gasteiger partial charge is 0.408 e. The number of aryl methyl sites for hydroxylation is 1. The van der Waals surface area contributed by atoms with Gasteiger partial charge in [0.1, 0.15) is 0 Å². The molecule has 1 aliphatic rings. The van der Waals surface area contributed by atoms with Crippen LogP contribution in [0.1, 0.15) is 18.4 Å². The van der Waals surface area contributed by atoms with Crippen molar-refractivity contribution in [2.24, 2.45) is 12.8 Å². The number of benzene rings is 1. The van der Waals surface area contributed by atoms with E-state index < -0.39 is 0 Å². The van der Waals surface area contributed by atoms with E-state index >= 15 is 0 Å². The molecule has 0 spiro atoms. The van der Waals surface area contributed by atoms with Crippen molar-refractivity contribution in [3.8, 4) is 0 Å². The van der Waals surface area contributed by atoms with Crippen LogP contribution < -0.4 is 11.5 Å². The fourth-order valence-corrected chi connectivity index (χ4v) is 2.23. The number of hydrogen-bond donors (Lipinski definition) is 1. The monoisotopic (exact) mass is 218 g/mol. The Labute approximate surface area is 92.7 Å². The number of aromatic nitrogens is 1. The molecule has 0 radical (unpaired) electrons. The van der Waals surface area contributed by atoms with Gasteiger partial charge in [-0.25, -0.2) is 4.79 Å². The first kappa shape index (κ1) is 9.66. The van der Waals surface area contributed by atoms with Crippen LogP contribution in [-0.2, 0) is 12.5 Å². The minimum atomic E-state index is -0.315. The van der Waals surface area contributed by atoms with Gasteiger partial charge in [-0.15, -0.1) is 0 Å². The molecule has 0 aliphatic heterocycles. The van der Waals surface area contributed by atoms with E-state index in [1.165, 1.54) is 10.1 Å². The largest absolute Gasteiger partial charge is 0.419 e. The molecule has 2 aromatic rings. The number of fused-ring (bicyclic) bond motifs is 1. The zero-order valence-electron chi connectivity index (χ0n) is 9.19. The third kappa shape index (κ3) is 1.16. The molecule has 0 saturated heterocycles. The number of hydrogen-bond acceptors (Lipinski definition) is 3. The van der Waals surface area contributed by atoms with E-state index in [-0.39, 0.29) is 11.2 Å². The molecule has 84 valence electrons. The standard InChI is InChI=1S/C12H14N2O2/c1-14-9-3-2-8(12(7-13)4-5-12)6-10(9)16-11(14)15/h2-3,6H,4-5,7,13H2,1H3. The molecule has 1 fully saturated rings. The predicted molar refractivity (Wildman–Crippen MR) is 61.4 cm³/mol. The highest BCUT2D eigenvalue weighted by molar-refractivity contribution is 5.74. The maximum Gasteiger partial charge on any atom is 0.419 e. The molecule has 1 heterocycles. The zero-order chi connectivity index (χ0) is 11.3. The van der Waals surface area contributed by atoms with Gasteiger partial charge in [0.15, 0.2) is 5.58 Å². The van der Waals surface area contributed by atoms with Crippen molar-refractivity contribution in [1.29, 1.82) is 0 Å². The highest BCUT2D eigenvalue weighted by Gasteiger charge is 2.43. The highest BCUT2D eigenvalue weighted by Crippen LogP contribution is 2.47. The Morgan fingerprint density at radius 1 is 1.50 bits per heavy atom. The van der Waals surface area contributed by atoms with Crippen molar-refractivity contribution < 1.29 is 4.42 Å². The Balaban J connectivity index is 2.20. The van der Waals surface area contributed by atoms with Gasteiger partial charge in [-0.05, 0) is 30.5 Å². The van der Waals surface area contributed by atoms with Crippen molar-refractivity contribution in [2.75, 3.05) is 6.54 Å². The molecule has 16 heavy (non-hydrogen) atoms. The Hall–Kier alpha value is -1.55. The normalized spacial score (nSPS) is 17.9. The summed E-state index contributed by atoms with van der Waals surface area (Å²) in [7, 11) is 1.71. The Bertz CT molecular complexity index is 605. The van der Waals surface area contributed by atoms with Gasteiger partial charge in [0.25, 0.3) is 0 Å². The Morgan fingerprint density at radius 3 is 2.88 bits per heavy atom. The molecule has 1 aromatic heterocycles. The van der Waals surface area contributed by atoms with Crippen LogP contribution >= 0.6 is 0 Å². The lowest BCUT2D eigenvalue weighted by atomic mass is 9.96. The Kier molecular flexibility index (Phi) is 1.80. The predicted octanol–water partition coefficient (Wildman–Crippen LogP) is 1.12. The Morgan fingerprint density at radius 2 is 2.25 bits per heavy atom. The molecule has 3 rings (SSSR count). The van der Waals surface area contributed by atoms with Crippen LogP contribution in [0, 0.1) is 0 Å². The fourth-order valence-electron chi connectivity index (χ4n) is 2.23. The minimum Gasteiger partial charge on any atom is -0.408 e. The van der Waals surface area contributed by atoms with E-state index in [1.807, 2.05) is 12.1 Å². The highest BCUT2D eigenvalue weighted by atomic mass is 16.4. The zero-order valence-corrected chi connectivity index (χ0v) is 9.19. The molecular weight excluding hydrogens is 204 g/mol. The number of nitrogens with zero attached hydrogens (tertiary/aromatic N) is 1. The molecule has 4 heteroatoms. The van der Waals surface area contributed by atoms with E-state index in [1.54, 1.807) is 7.05 Å². The van der Waals surface area contributed by atoms with Gasteiger partial charge < -0.3 is 10.2 Å². The summed E-state index contributed by atoms with van der Waals surface area (Å²) in [6.45, 7) is 0.662. The molecule has 0 atom stereocenters. The van der Waals surface area contributed by atoms with Crippen molar-refractivity contribution in [1.82, 2.24) is 4.57 Å². The minimum absolute atomic E-state index is 0.141. The lowest BCUT2D eigenvalue weighted by molar-refractivity contribution is 0.527. The van der Waals surface area contributed by atoms with Crippen LogP contribution in [0.4, 0.5) is 0 Å². The maximum absolute atomic E-state index is 11.4. The summed E-state index contributed by atoms with van der Waals surface area (Å²) >= 11 is 0. The van der Waals surface area contributed by atoms with Crippen molar-refractivity contribution in [3.63, 3.8) is 0 Å². The van der Waals surface area contributed by atoms with Gasteiger partial charge in [0, 0.05) is 19.0 Å². The quantitative estimate of drug-likeness (QED) is 0.821. The molecule has 0 bridgehead atoms. The maximum atomic E-state index is 11.4. The van der Waals surface area contributed by atoms with Gasteiger partial charge in [-0.1, -0.05) is 6.07 Å². The molecular formula is C12H14N2O2. The topological polar surface area (TPSA) is 61.2 Å². The molecule has 0 amide bonds.